The highest BCUT2D eigenvalue weighted by Crippen LogP contribution is 2.05. The Kier molecular flexibility index (Phi) is 1.51. The van der Waals surface area contributed by atoms with Crippen LogP contribution in [0.15, 0.2) is 18.3 Å². The fraction of sp³-hybridized carbons (Fsp3) is 0.125. The van der Waals surface area contributed by atoms with E-state index < -0.39 is 5.97 Å². The summed E-state index contributed by atoms with van der Waals surface area (Å²) in [5.74, 6) is -1.13. The number of carbonyl (C=O) groups is 1. The van der Waals surface area contributed by atoms with Gasteiger partial charge in [0.05, 0.1) is 0 Å². The Hall–Kier alpha value is -1.91. The maximum atomic E-state index is 10.7. The van der Waals surface area contributed by atoms with E-state index in [0.717, 1.165) is 5.56 Å². The standard InChI is InChI=1S/C8H7N3O2/c1-5-2-3-6-9-10-7(8(12)13)11(6)4-5/h2-4H,1H3,(H,12,13). The van der Waals surface area contributed by atoms with Gasteiger partial charge in [0.15, 0.2) is 5.65 Å². The highest BCUT2D eigenvalue weighted by atomic mass is 16.4. The molecule has 0 atom stereocenters. The van der Waals surface area contributed by atoms with E-state index in [0.29, 0.717) is 5.65 Å². The zero-order chi connectivity index (χ0) is 9.42. The molecule has 0 fully saturated rings. The van der Waals surface area contributed by atoms with Gasteiger partial charge < -0.3 is 5.11 Å². The molecule has 5 heteroatoms. The zero-order valence-electron chi connectivity index (χ0n) is 6.93. The van der Waals surface area contributed by atoms with Gasteiger partial charge in [-0.05, 0) is 18.6 Å². The monoisotopic (exact) mass is 177 g/mol. The lowest BCUT2D eigenvalue weighted by molar-refractivity contribution is 0.0682. The summed E-state index contributed by atoms with van der Waals surface area (Å²) < 4.78 is 1.46. The first-order valence-electron chi connectivity index (χ1n) is 3.73. The topological polar surface area (TPSA) is 67.5 Å². The Balaban J connectivity index is 2.79. The molecule has 2 rings (SSSR count). The van der Waals surface area contributed by atoms with Crippen LogP contribution in [0, 0.1) is 6.92 Å². The molecule has 0 aliphatic rings. The van der Waals surface area contributed by atoms with Crippen molar-refractivity contribution in [1.82, 2.24) is 14.6 Å². The van der Waals surface area contributed by atoms with Gasteiger partial charge in [-0.1, -0.05) is 6.07 Å². The van der Waals surface area contributed by atoms with E-state index >= 15 is 0 Å². The molecule has 2 aromatic rings. The third-order valence-electron chi connectivity index (χ3n) is 1.74. The molecule has 13 heavy (non-hydrogen) atoms. The highest BCUT2D eigenvalue weighted by molar-refractivity contribution is 5.84. The number of rotatable bonds is 1. The molecular formula is C8H7N3O2. The predicted octanol–water partition coefficient (Wildman–Crippen LogP) is 0.736. The van der Waals surface area contributed by atoms with E-state index in [-0.39, 0.29) is 5.82 Å². The predicted molar refractivity (Wildman–Crippen MR) is 44.7 cm³/mol. The van der Waals surface area contributed by atoms with Gasteiger partial charge in [0.25, 0.3) is 0 Å². The molecule has 0 saturated carbocycles. The second-order valence-corrected chi connectivity index (χ2v) is 2.76. The van der Waals surface area contributed by atoms with Crippen molar-refractivity contribution in [3.8, 4) is 0 Å². The second-order valence-electron chi connectivity index (χ2n) is 2.76. The van der Waals surface area contributed by atoms with Crippen LogP contribution < -0.4 is 0 Å². The summed E-state index contributed by atoms with van der Waals surface area (Å²) in [6, 6.07) is 3.59. The molecule has 0 amide bonds. The molecule has 0 spiro atoms. The average Bonchev–Trinajstić information content (AvgIpc) is 2.46. The fourth-order valence-electron chi connectivity index (χ4n) is 1.14. The number of hydrogen-bond acceptors (Lipinski definition) is 3. The third-order valence-corrected chi connectivity index (χ3v) is 1.74. The summed E-state index contributed by atoms with van der Waals surface area (Å²) in [5.41, 5.74) is 1.51. The molecule has 0 saturated heterocycles. The van der Waals surface area contributed by atoms with Crippen LogP contribution in [0.3, 0.4) is 0 Å². The van der Waals surface area contributed by atoms with Crippen molar-refractivity contribution in [2.75, 3.05) is 0 Å². The average molecular weight is 177 g/mol. The number of carboxylic acids is 1. The maximum absolute atomic E-state index is 10.7. The maximum Gasteiger partial charge on any atom is 0.374 e. The van der Waals surface area contributed by atoms with Gasteiger partial charge in [0.2, 0.25) is 5.82 Å². The molecule has 2 aromatic heterocycles. The molecule has 0 aliphatic carbocycles. The van der Waals surface area contributed by atoms with E-state index in [2.05, 4.69) is 10.2 Å². The highest BCUT2D eigenvalue weighted by Gasteiger charge is 2.11. The second kappa shape index (κ2) is 2.55. The van der Waals surface area contributed by atoms with Gasteiger partial charge in [0.1, 0.15) is 0 Å². The van der Waals surface area contributed by atoms with Crippen LogP contribution in [-0.4, -0.2) is 25.7 Å². The molecular weight excluding hydrogens is 170 g/mol. The van der Waals surface area contributed by atoms with Gasteiger partial charge in [-0.3, -0.25) is 4.40 Å². The lowest BCUT2D eigenvalue weighted by Gasteiger charge is -1.95. The van der Waals surface area contributed by atoms with Gasteiger partial charge in [-0.2, -0.15) is 0 Å². The van der Waals surface area contributed by atoms with E-state index in [1.807, 2.05) is 13.0 Å². The number of aryl methyl sites for hydroxylation is 1. The van der Waals surface area contributed by atoms with Crippen LogP contribution in [0.25, 0.3) is 5.65 Å². The molecule has 0 radical (unpaired) electrons. The Morgan fingerprint density at radius 1 is 1.46 bits per heavy atom. The largest absolute Gasteiger partial charge is 0.475 e. The summed E-state index contributed by atoms with van der Waals surface area (Å²) in [6.07, 6.45) is 1.69. The van der Waals surface area contributed by atoms with Crippen molar-refractivity contribution in [3.63, 3.8) is 0 Å². The summed E-state index contributed by atoms with van der Waals surface area (Å²) in [6.45, 7) is 1.88. The number of aromatic nitrogens is 3. The summed E-state index contributed by atoms with van der Waals surface area (Å²) >= 11 is 0. The van der Waals surface area contributed by atoms with Crippen molar-refractivity contribution in [3.05, 3.63) is 29.7 Å². The van der Waals surface area contributed by atoms with Crippen LogP contribution >= 0.6 is 0 Å². The smallest absolute Gasteiger partial charge is 0.374 e. The Labute approximate surface area is 73.6 Å². The summed E-state index contributed by atoms with van der Waals surface area (Å²) in [5, 5.41) is 16.0. The van der Waals surface area contributed by atoms with Crippen LogP contribution in [0.1, 0.15) is 16.2 Å². The van der Waals surface area contributed by atoms with Crippen LogP contribution in [0.5, 0.6) is 0 Å². The van der Waals surface area contributed by atoms with E-state index in [1.54, 1.807) is 12.3 Å². The minimum Gasteiger partial charge on any atom is -0.475 e. The van der Waals surface area contributed by atoms with Crippen molar-refractivity contribution in [2.45, 2.75) is 6.92 Å². The van der Waals surface area contributed by atoms with Gasteiger partial charge in [0, 0.05) is 6.20 Å². The summed E-state index contributed by atoms with van der Waals surface area (Å²) in [4.78, 5) is 10.7. The number of fused-ring (bicyclic) bond motifs is 1. The first-order valence-corrected chi connectivity index (χ1v) is 3.73. The first-order chi connectivity index (χ1) is 6.18. The van der Waals surface area contributed by atoms with E-state index in [1.165, 1.54) is 4.40 Å². The van der Waals surface area contributed by atoms with E-state index in [9.17, 15) is 4.79 Å². The zero-order valence-corrected chi connectivity index (χ0v) is 6.93. The quantitative estimate of drug-likeness (QED) is 0.697. The number of aromatic carboxylic acids is 1. The van der Waals surface area contributed by atoms with Crippen molar-refractivity contribution in [1.29, 1.82) is 0 Å². The minimum atomic E-state index is -1.07. The molecule has 5 nitrogen and oxygen atoms in total. The SMILES string of the molecule is Cc1ccc2nnc(C(=O)O)n2c1. The van der Waals surface area contributed by atoms with Crippen LogP contribution in [-0.2, 0) is 0 Å². The number of pyridine rings is 1. The Morgan fingerprint density at radius 2 is 2.23 bits per heavy atom. The fourth-order valence-corrected chi connectivity index (χ4v) is 1.14. The third kappa shape index (κ3) is 1.14. The van der Waals surface area contributed by atoms with Crippen LogP contribution in [0.4, 0.5) is 0 Å². The lowest BCUT2D eigenvalue weighted by Crippen LogP contribution is -2.03. The first kappa shape index (κ1) is 7.72. The van der Waals surface area contributed by atoms with E-state index in [4.69, 9.17) is 5.11 Å². The lowest BCUT2D eigenvalue weighted by atomic mass is 10.3. The Bertz CT molecular complexity index is 475. The van der Waals surface area contributed by atoms with Gasteiger partial charge >= 0.3 is 5.97 Å². The Morgan fingerprint density at radius 3 is 2.92 bits per heavy atom. The molecule has 1 N–H and O–H groups in total. The van der Waals surface area contributed by atoms with Gasteiger partial charge in [-0.25, -0.2) is 4.79 Å². The number of carboxylic acid groups (broad SMARTS) is 1. The van der Waals surface area contributed by atoms with Crippen molar-refractivity contribution in [2.24, 2.45) is 0 Å². The summed E-state index contributed by atoms with van der Waals surface area (Å²) in [7, 11) is 0. The normalized spacial score (nSPS) is 10.5. The number of hydrogen-bond donors (Lipinski definition) is 1. The minimum absolute atomic E-state index is 0.0568. The van der Waals surface area contributed by atoms with Crippen LogP contribution in [0.2, 0.25) is 0 Å². The molecule has 0 unspecified atom stereocenters. The molecule has 0 bridgehead atoms. The molecule has 0 aliphatic heterocycles. The molecule has 66 valence electrons. The van der Waals surface area contributed by atoms with Crippen molar-refractivity contribution < 1.29 is 9.90 Å². The van der Waals surface area contributed by atoms with Gasteiger partial charge in [-0.15, -0.1) is 10.2 Å². The number of nitrogens with zero attached hydrogens (tertiary/aromatic N) is 3. The molecule has 2 heterocycles. The van der Waals surface area contributed by atoms with Crippen molar-refractivity contribution >= 4 is 11.6 Å². The molecule has 0 aromatic carbocycles.